The van der Waals surface area contributed by atoms with Crippen LogP contribution in [0.4, 0.5) is 22.0 Å². The molecule has 0 aromatic heterocycles. The molecule has 1 heterocycles. The summed E-state index contributed by atoms with van der Waals surface area (Å²) in [5.74, 6) is -0.525. The van der Waals surface area contributed by atoms with E-state index in [1.807, 2.05) is 0 Å². The lowest BCUT2D eigenvalue weighted by atomic mass is 10.1. The highest BCUT2D eigenvalue weighted by atomic mass is 19.4. The van der Waals surface area contributed by atoms with Gasteiger partial charge in [-0.25, -0.2) is 0 Å². The zero-order valence-corrected chi connectivity index (χ0v) is 13.3. The summed E-state index contributed by atoms with van der Waals surface area (Å²) in [6, 6.07) is 8.94. The molecule has 1 aliphatic heterocycles. The number of hydrogen-bond donors (Lipinski definition) is 0. The van der Waals surface area contributed by atoms with E-state index in [-0.39, 0.29) is 29.4 Å². The first-order valence-electron chi connectivity index (χ1n) is 7.82. The molecule has 0 unspecified atom stereocenters. The fourth-order valence-electron chi connectivity index (χ4n) is 3.14. The van der Waals surface area contributed by atoms with Crippen molar-refractivity contribution in [3.63, 3.8) is 0 Å². The van der Waals surface area contributed by atoms with Gasteiger partial charge < -0.3 is 14.2 Å². The van der Waals surface area contributed by atoms with Crippen molar-refractivity contribution in [1.29, 1.82) is 5.26 Å². The van der Waals surface area contributed by atoms with E-state index in [9.17, 15) is 22.0 Å². The Morgan fingerprint density at radius 1 is 1.07 bits per heavy atom. The van der Waals surface area contributed by atoms with E-state index in [2.05, 4.69) is 10.8 Å². The molecule has 2 aliphatic rings. The van der Waals surface area contributed by atoms with E-state index in [0.29, 0.717) is 17.9 Å². The van der Waals surface area contributed by atoms with Gasteiger partial charge in [-0.3, -0.25) is 0 Å². The average Bonchev–Trinajstić information content (AvgIpc) is 3.15. The Balaban J connectivity index is 1.60. The number of alkyl halides is 5. The first-order valence-corrected chi connectivity index (χ1v) is 7.82. The predicted octanol–water partition coefficient (Wildman–Crippen LogP) is 5.10. The van der Waals surface area contributed by atoms with Crippen LogP contribution < -0.4 is 14.2 Å². The highest BCUT2D eigenvalue weighted by Crippen LogP contribution is 2.58. The van der Waals surface area contributed by atoms with Crippen molar-refractivity contribution in [1.82, 2.24) is 0 Å². The standard InChI is InChI=1S/C18H10F5NO3/c19-17(20)27-14-5-8(18(21,22)23)1-4-12(14)25-9-2-3-10-13(6-9)26-16-11(7-24)15(10)16/h1-6,11,15-17H/t11-,15-,16+/m1/s1. The molecule has 0 bridgehead atoms. The van der Waals surface area contributed by atoms with Gasteiger partial charge in [0.05, 0.1) is 17.6 Å². The number of nitriles is 1. The third-order valence-electron chi connectivity index (χ3n) is 4.43. The van der Waals surface area contributed by atoms with E-state index in [4.69, 9.17) is 14.7 Å². The Bertz CT molecular complexity index is 938. The molecule has 27 heavy (non-hydrogen) atoms. The highest BCUT2D eigenvalue weighted by molar-refractivity contribution is 5.54. The maximum absolute atomic E-state index is 12.8. The summed E-state index contributed by atoms with van der Waals surface area (Å²) in [6.07, 6.45) is -4.91. The smallest absolute Gasteiger partial charge is 0.416 e. The van der Waals surface area contributed by atoms with Crippen molar-refractivity contribution >= 4 is 0 Å². The first kappa shape index (κ1) is 17.4. The summed E-state index contributed by atoms with van der Waals surface area (Å²) in [5.41, 5.74) is -0.291. The van der Waals surface area contributed by atoms with Crippen LogP contribution in [0.5, 0.6) is 23.0 Å². The number of ether oxygens (including phenoxy) is 3. The molecule has 2 aromatic rings. The molecule has 9 heteroatoms. The Morgan fingerprint density at radius 3 is 2.52 bits per heavy atom. The number of hydrogen-bond acceptors (Lipinski definition) is 4. The summed E-state index contributed by atoms with van der Waals surface area (Å²) >= 11 is 0. The van der Waals surface area contributed by atoms with Gasteiger partial charge in [0.2, 0.25) is 0 Å². The third kappa shape index (κ3) is 3.12. The third-order valence-corrected chi connectivity index (χ3v) is 4.43. The summed E-state index contributed by atoms with van der Waals surface area (Å²) < 4.78 is 78.7. The lowest BCUT2D eigenvalue weighted by Crippen LogP contribution is -2.08. The minimum atomic E-state index is -4.71. The minimum absolute atomic E-state index is 0.00264. The number of fused-ring (bicyclic) bond motifs is 3. The second-order valence-corrected chi connectivity index (χ2v) is 6.10. The Hall–Kier alpha value is -3.02. The van der Waals surface area contributed by atoms with Crippen LogP contribution in [-0.2, 0) is 6.18 Å². The summed E-state index contributed by atoms with van der Waals surface area (Å²) in [5, 5.41) is 8.96. The fourth-order valence-corrected chi connectivity index (χ4v) is 3.14. The van der Waals surface area contributed by atoms with Gasteiger partial charge in [-0.15, -0.1) is 0 Å². The van der Waals surface area contributed by atoms with Crippen molar-refractivity contribution in [2.24, 2.45) is 5.92 Å². The maximum atomic E-state index is 12.8. The average molecular weight is 383 g/mol. The predicted molar refractivity (Wildman–Crippen MR) is 80.9 cm³/mol. The van der Waals surface area contributed by atoms with E-state index in [1.165, 1.54) is 12.1 Å². The molecule has 1 saturated carbocycles. The molecule has 3 atom stereocenters. The van der Waals surface area contributed by atoms with Crippen LogP contribution in [0.25, 0.3) is 0 Å². The Kier molecular flexibility index (Phi) is 3.87. The lowest BCUT2D eigenvalue weighted by Gasteiger charge is -2.15. The van der Waals surface area contributed by atoms with Crippen molar-refractivity contribution in [2.45, 2.75) is 24.8 Å². The van der Waals surface area contributed by atoms with Crippen LogP contribution >= 0.6 is 0 Å². The van der Waals surface area contributed by atoms with Gasteiger partial charge in [-0.2, -0.15) is 27.2 Å². The van der Waals surface area contributed by atoms with Crippen LogP contribution in [0.2, 0.25) is 0 Å². The second-order valence-electron chi connectivity index (χ2n) is 6.10. The summed E-state index contributed by atoms with van der Waals surface area (Å²) in [4.78, 5) is 0. The van der Waals surface area contributed by atoms with E-state index < -0.39 is 24.1 Å². The van der Waals surface area contributed by atoms with Crippen LogP contribution in [0.15, 0.2) is 36.4 Å². The number of halogens is 5. The minimum Gasteiger partial charge on any atom is -0.488 e. The fraction of sp³-hybridized carbons (Fsp3) is 0.278. The van der Waals surface area contributed by atoms with Crippen molar-refractivity contribution in [3.8, 4) is 29.1 Å². The first-order chi connectivity index (χ1) is 12.8. The van der Waals surface area contributed by atoms with Gasteiger partial charge in [-0.05, 0) is 24.3 Å². The van der Waals surface area contributed by atoms with Gasteiger partial charge in [0, 0.05) is 17.5 Å². The van der Waals surface area contributed by atoms with Gasteiger partial charge >= 0.3 is 12.8 Å². The normalized spacial score (nSPS) is 22.5. The van der Waals surface area contributed by atoms with Gasteiger partial charge in [0.25, 0.3) is 0 Å². The van der Waals surface area contributed by atoms with Crippen molar-refractivity contribution in [3.05, 3.63) is 47.5 Å². The van der Waals surface area contributed by atoms with Gasteiger partial charge in [-0.1, -0.05) is 6.07 Å². The van der Waals surface area contributed by atoms with E-state index >= 15 is 0 Å². The monoisotopic (exact) mass is 383 g/mol. The molecule has 0 amide bonds. The molecule has 140 valence electrons. The lowest BCUT2D eigenvalue weighted by molar-refractivity contribution is -0.138. The van der Waals surface area contributed by atoms with Crippen LogP contribution in [0.3, 0.4) is 0 Å². The molecular formula is C18H10F5NO3. The van der Waals surface area contributed by atoms with Crippen LogP contribution in [0, 0.1) is 17.2 Å². The number of benzene rings is 2. The van der Waals surface area contributed by atoms with E-state index in [0.717, 1.165) is 11.6 Å². The van der Waals surface area contributed by atoms with Gasteiger partial charge in [0.1, 0.15) is 17.6 Å². The molecule has 1 fully saturated rings. The quantitative estimate of drug-likeness (QED) is 0.690. The van der Waals surface area contributed by atoms with Crippen molar-refractivity contribution < 1.29 is 36.2 Å². The number of nitrogens with zero attached hydrogens (tertiary/aromatic N) is 1. The topological polar surface area (TPSA) is 51.5 Å². The largest absolute Gasteiger partial charge is 0.488 e. The zero-order chi connectivity index (χ0) is 19.3. The molecule has 1 aliphatic carbocycles. The highest BCUT2D eigenvalue weighted by Gasteiger charge is 2.59. The van der Waals surface area contributed by atoms with Crippen LogP contribution in [-0.4, -0.2) is 12.7 Å². The SMILES string of the molecule is N#C[C@H]1[C@@H]2Oc3cc(Oc4ccc(C(F)(F)F)cc4OC(F)F)ccc3[C@H]12. The molecule has 0 spiro atoms. The molecule has 4 rings (SSSR count). The zero-order valence-electron chi connectivity index (χ0n) is 13.3. The van der Waals surface area contributed by atoms with Crippen LogP contribution in [0.1, 0.15) is 17.0 Å². The summed E-state index contributed by atoms with van der Waals surface area (Å²) in [7, 11) is 0. The van der Waals surface area contributed by atoms with E-state index in [1.54, 1.807) is 6.07 Å². The van der Waals surface area contributed by atoms with Crippen molar-refractivity contribution in [2.75, 3.05) is 0 Å². The van der Waals surface area contributed by atoms with Gasteiger partial charge in [0.15, 0.2) is 11.5 Å². The molecule has 4 nitrogen and oxygen atoms in total. The molecule has 0 saturated heterocycles. The maximum Gasteiger partial charge on any atom is 0.416 e. The summed E-state index contributed by atoms with van der Waals surface area (Å²) in [6.45, 7) is -3.31. The molecule has 0 radical (unpaired) electrons. The Labute approximate surface area is 149 Å². The number of rotatable bonds is 4. The molecular weight excluding hydrogens is 373 g/mol. The second kappa shape index (κ2) is 6.01. The Morgan fingerprint density at radius 2 is 1.85 bits per heavy atom. The molecule has 2 aromatic carbocycles. The molecule has 0 N–H and O–H groups in total.